The van der Waals surface area contributed by atoms with Crippen LogP contribution in [-0.4, -0.2) is 42.6 Å². The van der Waals surface area contributed by atoms with E-state index in [-0.39, 0.29) is 36.4 Å². The van der Waals surface area contributed by atoms with Gasteiger partial charge in [0.25, 0.3) is 10.0 Å². The van der Waals surface area contributed by atoms with Crippen molar-refractivity contribution in [2.75, 3.05) is 13.2 Å². The first-order valence-corrected chi connectivity index (χ1v) is 11.1. The Balaban J connectivity index is 2.05. The SMILES string of the molecule is CC(C)=CCC(CCC(=O)c1ccn(S(=O)(=O)c2ccc(C)cc2)c1)OCCO. The number of aliphatic hydroxyl groups excluding tert-OH is 1. The summed E-state index contributed by atoms with van der Waals surface area (Å²) >= 11 is 0. The van der Waals surface area contributed by atoms with Gasteiger partial charge >= 0.3 is 0 Å². The van der Waals surface area contributed by atoms with Crippen LogP contribution in [0.3, 0.4) is 0 Å². The molecule has 0 spiro atoms. The van der Waals surface area contributed by atoms with E-state index in [0.717, 1.165) is 15.1 Å². The average molecular weight is 420 g/mol. The lowest BCUT2D eigenvalue weighted by molar-refractivity contribution is 0.0247. The summed E-state index contributed by atoms with van der Waals surface area (Å²) in [5.41, 5.74) is 2.48. The van der Waals surface area contributed by atoms with E-state index in [9.17, 15) is 13.2 Å². The van der Waals surface area contributed by atoms with E-state index in [1.807, 2.05) is 26.8 Å². The molecule has 29 heavy (non-hydrogen) atoms. The zero-order valence-electron chi connectivity index (χ0n) is 17.2. The Bertz CT molecular complexity index is 938. The molecule has 1 aromatic carbocycles. The van der Waals surface area contributed by atoms with Gasteiger partial charge in [-0.15, -0.1) is 0 Å². The van der Waals surface area contributed by atoms with Crippen molar-refractivity contribution in [2.24, 2.45) is 0 Å². The van der Waals surface area contributed by atoms with Crippen molar-refractivity contribution in [3.63, 3.8) is 0 Å². The molecule has 0 bridgehead atoms. The normalized spacial score (nSPS) is 12.6. The Morgan fingerprint density at radius 2 is 1.90 bits per heavy atom. The van der Waals surface area contributed by atoms with Gasteiger partial charge in [-0.3, -0.25) is 4.79 Å². The molecule has 1 aromatic heterocycles. The number of hydrogen-bond donors (Lipinski definition) is 1. The predicted molar refractivity (Wildman–Crippen MR) is 113 cm³/mol. The molecule has 0 radical (unpaired) electrons. The molecular weight excluding hydrogens is 390 g/mol. The van der Waals surface area contributed by atoms with Gasteiger partial charge in [0.05, 0.1) is 24.2 Å². The van der Waals surface area contributed by atoms with E-state index in [1.54, 1.807) is 24.3 Å². The number of carbonyl (C=O) groups excluding carboxylic acids is 1. The van der Waals surface area contributed by atoms with Crippen LogP contribution in [0.2, 0.25) is 0 Å². The lowest BCUT2D eigenvalue weighted by Crippen LogP contribution is -2.16. The molecule has 0 aliphatic rings. The van der Waals surface area contributed by atoms with Gasteiger partial charge in [0.1, 0.15) is 0 Å². The molecule has 0 aliphatic carbocycles. The fraction of sp³-hybridized carbons (Fsp3) is 0.409. The van der Waals surface area contributed by atoms with E-state index < -0.39 is 10.0 Å². The Labute approximate surface area is 172 Å². The first kappa shape index (κ1) is 23.1. The molecule has 6 nitrogen and oxygen atoms in total. The van der Waals surface area contributed by atoms with Crippen LogP contribution in [0.5, 0.6) is 0 Å². The number of rotatable bonds is 11. The first-order chi connectivity index (χ1) is 13.7. The van der Waals surface area contributed by atoms with Gasteiger partial charge in [0.2, 0.25) is 0 Å². The maximum atomic E-state index is 12.7. The van der Waals surface area contributed by atoms with Crippen LogP contribution in [0.15, 0.2) is 59.3 Å². The quantitative estimate of drug-likeness (QED) is 0.443. The summed E-state index contributed by atoms with van der Waals surface area (Å²) in [4.78, 5) is 12.7. The highest BCUT2D eigenvalue weighted by molar-refractivity contribution is 7.90. The van der Waals surface area contributed by atoms with Crippen molar-refractivity contribution in [1.29, 1.82) is 0 Å². The molecule has 1 atom stereocenters. The van der Waals surface area contributed by atoms with Gasteiger partial charge in [0, 0.05) is 24.4 Å². The third-order valence-electron chi connectivity index (χ3n) is 4.51. The van der Waals surface area contributed by atoms with E-state index in [0.29, 0.717) is 18.4 Å². The van der Waals surface area contributed by atoms with Crippen molar-refractivity contribution >= 4 is 15.8 Å². The summed E-state index contributed by atoms with van der Waals surface area (Å²) in [6, 6.07) is 8.10. The molecule has 1 N–H and O–H groups in total. The van der Waals surface area contributed by atoms with Gasteiger partial charge in [-0.1, -0.05) is 29.3 Å². The molecule has 2 rings (SSSR count). The lowest BCUT2D eigenvalue weighted by atomic mass is 10.0. The monoisotopic (exact) mass is 419 g/mol. The summed E-state index contributed by atoms with van der Waals surface area (Å²) in [5, 5.41) is 8.97. The van der Waals surface area contributed by atoms with E-state index in [4.69, 9.17) is 9.84 Å². The Morgan fingerprint density at radius 1 is 1.21 bits per heavy atom. The number of benzene rings is 1. The van der Waals surface area contributed by atoms with Crippen LogP contribution in [-0.2, 0) is 14.8 Å². The minimum atomic E-state index is -3.73. The second-order valence-electron chi connectivity index (χ2n) is 7.24. The van der Waals surface area contributed by atoms with Gasteiger partial charge in [-0.2, -0.15) is 0 Å². The van der Waals surface area contributed by atoms with Crippen molar-refractivity contribution in [1.82, 2.24) is 3.97 Å². The number of allylic oxidation sites excluding steroid dienone is 1. The number of Topliss-reactive ketones (excluding diaryl/α,β-unsaturated/α-hetero) is 1. The number of ketones is 1. The van der Waals surface area contributed by atoms with Gasteiger partial charge in [-0.25, -0.2) is 12.4 Å². The molecule has 0 saturated carbocycles. The van der Waals surface area contributed by atoms with Crippen LogP contribution >= 0.6 is 0 Å². The number of hydrogen-bond acceptors (Lipinski definition) is 5. The summed E-state index contributed by atoms with van der Waals surface area (Å²) in [5.74, 6) is -0.141. The van der Waals surface area contributed by atoms with Crippen molar-refractivity contribution in [2.45, 2.75) is 51.0 Å². The van der Waals surface area contributed by atoms with Crippen molar-refractivity contribution in [3.05, 3.63) is 65.5 Å². The Kier molecular flexibility index (Phi) is 8.37. The minimum absolute atomic E-state index is 0.0704. The Morgan fingerprint density at radius 3 is 2.52 bits per heavy atom. The summed E-state index contributed by atoms with van der Waals surface area (Å²) < 4.78 is 32.1. The third kappa shape index (κ3) is 6.66. The number of aryl methyl sites for hydroxylation is 1. The molecule has 158 valence electrons. The van der Waals surface area contributed by atoms with Crippen molar-refractivity contribution < 1.29 is 23.1 Å². The third-order valence-corrected chi connectivity index (χ3v) is 6.16. The molecule has 1 unspecified atom stereocenters. The lowest BCUT2D eigenvalue weighted by Gasteiger charge is -2.15. The molecular formula is C22H29NO5S. The smallest absolute Gasteiger partial charge is 0.267 e. The average Bonchev–Trinajstić information content (AvgIpc) is 3.18. The molecule has 0 amide bonds. The first-order valence-electron chi connectivity index (χ1n) is 9.63. The van der Waals surface area contributed by atoms with Crippen LogP contribution in [0.1, 0.15) is 49.0 Å². The van der Waals surface area contributed by atoms with Crippen LogP contribution in [0, 0.1) is 6.92 Å². The summed E-state index contributed by atoms with van der Waals surface area (Å²) in [7, 11) is -3.73. The zero-order chi connectivity index (χ0) is 21.4. The highest BCUT2D eigenvalue weighted by Crippen LogP contribution is 2.18. The van der Waals surface area contributed by atoms with Gasteiger partial charge in [0.15, 0.2) is 5.78 Å². The van der Waals surface area contributed by atoms with Crippen LogP contribution < -0.4 is 0 Å². The van der Waals surface area contributed by atoms with Crippen LogP contribution in [0.25, 0.3) is 0 Å². The zero-order valence-corrected chi connectivity index (χ0v) is 18.0. The predicted octanol–water partition coefficient (Wildman–Crippen LogP) is 3.73. The minimum Gasteiger partial charge on any atom is -0.394 e. The summed E-state index contributed by atoms with van der Waals surface area (Å²) in [6.07, 6.45) is 6.03. The second-order valence-corrected chi connectivity index (χ2v) is 9.09. The van der Waals surface area contributed by atoms with E-state index in [1.165, 1.54) is 18.5 Å². The fourth-order valence-electron chi connectivity index (χ4n) is 2.82. The fourth-order valence-corrected chi connectivity index (χ4v) is 4.01. The van der Waals surface area contributed by atoms with Gasteiger partial charge in [-0.05, 0) is 51.8 Å². The largest absolute Gasteiger partial charge is 0.394 e. The molecule has 1 heterocycles. The highest BCUT2D eigenvalue weighted by atomic mass is 32.2. The Hall–Kier alpha value is -2.22. The number of ether oxygens (including phenoxy) is 1. The maximum Gasteiger partial charge on any atom is 0.267 e. The number of nitrogens with zero attached hydrogens (tertiary/aromatic N) is 1. The van der Waals surface area contributed by atoms with Crippen molar-refractivity contribution in [3.8, 4) is 0 Å². The molecule has 2 aromatic rings. The number of aliphatic hydroxyl groups is 1. The molecule has 0 aliphatic heterocycles. The maximum absolute atomic E-state index is 12.7. The topological polar surface area (TPSA) is 85.6 Å². The van der Waals surface area contributed by atoms with E-state index >= 15 is 0 Å². The molecule has 0 saturated heterocycles. The second kappa shape index (κ2) is 10.5. The molecule has 7 heteroatoms. The standard InChI is InChI=1S/C22H29NO5S/c1-17(2)4-7-20(28-15-14-24)8-11-22(25)19-12-13-23(16-19)29(26,27)21-9-5-18(3)6-10-21/h4-6,9-10,12-13,16,20,24H,7-8,11,14-15H2,1-3H3. The highest BCUT2D eigenvalue weighted by Gasteiger charge is 2.19. The summed E-state index contributed by atoms with van der Waals surface area (Å²) in [6.45, 7) is 6.02. The molecule has 0 fully saturated rings. The van der Waals surface area contributed by atoms with Gasteiger partial charge < -0.3 is 9.84 Å². The van der Waals surface area contributed by atoms with E-state index in [2.05, 4.69) is 0 Å². The number of aromatic nitrogens is 1. The number of carbonyl (C=O) groups is 1. The van der Waals surface area contributed by atoms with Crippen LogP contribution in [0.4, 0.5) is 0 Å².